The highest BCUT2D eigenvalue weighted by molar-refractivity contribution is 9.10. The highest BCUT2D eigenvalue weighted by Gasteiger charge is 2.36. The lowest BCUT2D eigenvalue weighted by Crippen LogP contribution is -2.35. The standard InChI is InChI=1S/C17H17BrN2O2/c18-16-8-7-15(22-16)13-10-14(20-9-3-6-17(20)21)11-4-1-2-5-12(11)19-13/h1-2,4-5,7-8,13-14,19H,3,6,9-10H2/t13-,14-/m0/s1. The fourth-order valence-corrected chi connectivity index (χ4v) is 3.83. The van der Waals surface area contributed by atoms with Gasteiger partial charge in [-0.2, -0.15) is 0 Å². The zero-order chi connectivity index (χ0) is 15.1. The maximum absolute atomic E-state index is 12.2. The van der Waals surface area contributed by atoms with E-state index in [2.05, 4.69) is 33.4 Å². The Hall–Kier alpha value is -1.75. The number of hydrogen-bond donors (Lipinski definition) is 1. The number of likely N-dealkylation sites (tertiary alicyclic amines) is 1. The summed E-state index contributed by atoms with van der Waals surface area (Å²) >= 11 is 3.36. The summed E-state index contributed by atoms with van der Waals surface area (Å²) in [5.41, 5.74) is 2.30. The van der Waals surface area contributed by atoms with Crippen LogP contribution in [-0.2, 0) is 4.79 Å². The Morgan fingerprint density at radius 2 is 2.09 bits per heavy atom. The van der Waals surface area contributed by atoms with Gasteiger partial charge in [0.25, 0.3) is 0 Å². The second kappa shape index (κ2) is 5.47. The highest BCUT2D eigenvalue weighted by atomic mass is 79.9. The molecule has 22 heavy (non-hydrogen) atoms. The highest BCUT2D eigenvalue weighted by Crippen LogP contribution is 2.43. The van der Waals surface area contributed by atoms with Gasteiger partial charge in [-0.3, -0.25) is 4.79 Å². The molecule has 2 aromatic rings. The number of carbonyl (C=O) groups excluding carboxylic acids is 1. The van der Waals surface area contributed by atoms with Crippen molar-refractivity contribution in [3.05, 3.63) is 52.4 Å². The first-order chi connectivity index (χ1) is 10.7. The number of benzene rings is 1. The molecule has 1 N–H and O–H groups in total. The summed E-state index contributed by atoms with van der Waals surface area (Å²) in [5.74, 6) is 1.17. The summed E-state index contributed by atoms with van der Waals surface area (Å²) in [7, 11) is 0. The van der Waals surface area contributed by atoms with Crippen molar-refractivity contribution in [2.24, 2.45) is 0 Å². The number of amides is 1. The fourth-order valence-electron chi connectivity index (χ4n) is 3.51. The topological polar surface area (TPSA) is 45.5 Å². The molecule has 2 aliphatic rings. The zero-order valence-electron chi connectivity index (χ0n) is 12.1. The van der Waals surface area contributed by atoms with Crippen LogP contribution in [0.1, 0.15) is 42.7 Å². The molecular weight excluding hydrogens is 344 g/mol. The van der Waals surface area contributed by atoms with Gasteiger partial charge in [0, 0.05) is 18.7 Å². The first-order valence-corrected chi connectivity index (χ1v) is 8.42. The molecule has 3 heterocycles. The van der Waals surface area contributed by atoms with Crippen LogP contribution in [0.3, 0.4) is 0 Å². The first-order valence-electron chi connectivity index (χ1n) is 7.62. The number of rotatable bonds is 2. The number of anilines is 1. The number of para-hydroxylation sites is 1. The molecule has 1 saturated heterocycles. The van der Waals surface area contributed by atoms with Gasteiger partial charge in [-0.1, -0.05) is 18.2 Å². The third kappa shape index (κ3) is 2.33. The Labute approximate surface area is 137 Å². The van der Waals surface area contributed by atoms with Gasteiger partial charge in [-0.25, -0.2) is 0 Å². The van der Waals surface area contributed by atoms with Crippen LogP contribution in [0, 0.1) is 0 Å². The molecule has 2 aliphatic heterocycles. The number of nitrogens with one attached hydrogen (secondary N) is 1. The lowest BCUT2D eigenvalue weighted by Gasteiger charge is -2.37. The molecule has 0 unspecified atom stereocenters. The van der Waals surface area contributed by atoms with Crippen molar-refractivity contribution < 1.29 is 9.21 Å². The average Bonchev–Trinajstić information content (AvgIpc) is 3.15. The van der Waals surface area contributed by atoms with Gasteiger partial charge >= 0.3 is 0 Å². The number of hydrogen-bond acceptors (Lipinski definition) is 3. The lowest BCUT2D eigenvalue weighted by molar-refractivity contribution is -0.130. The van der Waals surface area contributed by atoms with Gasteiger partial charge in [0.1, 0.15) is 5.76 Å². The molecule has 0 aliphatic carbocycles. The molecule has 4 rings (SSSR count). The number of fused-ring (bicyclic) bond motifs is 1. The molecule has 4 nitrogen and oxygen atoms in total. The van der Waals surface area contributed by atoms with E-state index in [1.54, 1.807) is 0 Å². The second-order valence-corrected chi connectivity index (χ2v) is 6.65. The van der Waals surface area contributed by atoms with Crippen molar-refractivity contribution in [1.29, 1.82) is 0 Å². The van der Waals surface area contributed by atoms with Crippen LogP contribution in [0.2, 0.25) is 0 Å². The molecule has 0 spiro atoms. The van der Waals surface area contributed by atoms with Gasteiger partial charge in [-0.05, 0) is 52.5 Å². The van der Waals surface area contributed by atoms with Gasteiger partial charge in [0.15, 0.2) is 4.67 Å². The normalized spacial score (nSPS) is 24.2. The number of furan rings is 1. The van der Waals surface area contributed by atoms with E-state index in [0.717, 1.165) is 35.5 Å². The van der Waals surface area contributed by atoms with Crippen LogP contribution in [0.25, 0.3) is 0 Å². The Morgan fingerprint density at radius 1 is 1.23 bits per heavy atom. The van der Waals surface area contributed by atoms with E-state index in [9.17, 15) is 4.79 Å². The van der Waals surface area contributed by atoms with E-state index < -0.39 is 0 Å². The summed E-state index contributed by atoms with van der Waals surface area (Å²) in [5, 5.41) is 3.54. The Morgan fingerprint density at radius 3 is 2.82 bits per heavy atom. The van der Waals surface area contributed by atoms with Crippen LogP contribution in [0.4, 0.5) is 5.69 Å². The molecular formula is C17H17BrN2O2. The molecule has 0 bridgehead atoms. The second-order valence-electron chi connectivity index (χ2n) is 5.87. The average molecular weight is 361 g/mol. The zero-order valence-corrected chi connectivity index (χ0v) is 13.7. The minimum atomic E-state index is 0.0830. The number of nitrogens with zero attached hydrogens (tertiary/aromatic N) is 1. The largest absolute Gasteiger partial charge is 0.452 e. The Kier molecular flexibility index (Phi) is 3.45. The summed E-state index contributed by atoms with van der Waals surface area (Å²) in [6.45, 7) is 0.854. The quantitative estimate of drug-likeness (QED) is 0.869. The van der Waals surface area contributed by atoms with Crippen LogP contribution in [-0.4, -0.2) is 17.4 Å². The number of halogens is 1. The SMILES string of the molecule is O=C1CCCN1[C@H]1C[C@@H](c2ccc(Br)o2)Nc2ccccc21. The van der Waals surface area contributed by atoms with Crippen molar-refractivity contribution >= 4 is 27.5 Å². The van der Waals surface area contributed by atoms with Gasteiger partial charge < -0.3 is 14.6 Å². The predicted octanol–water partition coefficient (Wildman–Crippen LogP) is 4.26. The van der Waals surface area contributed by atoms with Crippen molar-refractivity contribution in [2.75, 3.05) is 11.9 Å². The van der Waals surface area contributed by atoms with Gasteiger partial charge in [0.05, 0.1) is 12.1 Å². The minimum Gasteiger partial charge on any atom is -0.452 e. The van der Waals surface area contributed by atoms with Crippen LogP contribution >= 0.6 is 15.9 Å². The third-order valence-corrected chi connectivity index (χ3v) is 4.96. The molecule has 1 fully saturated rings. The van der Waals surface area contributed by atoms with E-state index in [0.29, 0.717) is 6.42 Å². The number of carbonyl (C=O) groups is 1. The third-order valence-electron chi connectivity index (χ3n) is 4.53. The monoisotopic (exact) mass is 360 g/mol. The van der Waals surface area contributed by atoms with Crippen molar-refractivity contribution in [1.82, 2.24) is 4.90 Å². The van der Waals surface area contributed by atoms with E-state index in [1.807, 2.05) is 29.2 Å². The Bertz CT molecular complexity index is 712. The maximum atomic E-state index is 12.2. The van der Waals surface area contributed by atoms with E-state index in [4.69, 9.17) is 4.42 Å². The van der Waals surface area contributed by atoms with E-state index in [-0.39, 0.29) is 18.0 Å². The summed E-state index contributed by atoms with van der Waals surface area (Å²) < 4.78 is 6.46. The first kappa shape index (κ1) is 13.9. The van der Waals surface area contributed by atoms with Crippen molar-refractivity contribution in [2.45, 2.75) is 31.3 Å². The van der Waals surface area contributed by atoms with Crippen LogP contribution in [0.5, 0.6) is 0 Å². The fraction of sp³-hybridized carbons (Fsp3) is 0.353. The summed E-state index contributed by atoms with van der Waals surface area (Å²) in [4.78, 5) is 14.2. The summed E-state index contributed by atoms with van der Waals surface area (Å²) in [6.07, 6.45) is 2.47. The molecule has 114 valence electrons. The molecule has 1 aromatic carbocycles. The van der Waals surface area contributed by atoms with Gasteiger partial charge in [-0.15, -0.1) is 0 Å². The molecule has 5 heteroatoms. The summed E-state index contributed by atoms with van der Waals surface area (Å²) in [6, 6.07) is 12.4. The minimum absolute atomic E-state index is 0.0830. The van der Waals surface area contributed by atoms with Crippen LogP contribution < -0.4 is 5.32 Å². The maximum Gasteiger partial charge on any atom is 0.223 e. The Balaban J connectivity index is 1.71. The molecule has 1 aromatic heterocycles. The van der Waals surface area contributed by atoms with Crippen molar-refractivity contribution in [3.63, 3.8) is 0 Å². The van der Waals surface area contributed by atoms with E-state index >= 15 is 0 Å². The smallest absolute Gasteiger partial charge is 0.223 e. The molecule has 2 atom stereocenters. The van der Waals surface area contributed by atoms with E-state index in [1.165, 1.54) is 5.56 Å². The lowest BCUT2D eigenvalue weighted by atomic mass is 9.91. The molecule has 0 radical (unpaired) electrons. The van der Waals surface area contributed by atoms with Gasteiger partial charge in [0.2, 0.25) is 5.91 Å². The predicted molar refractivity (Wildman–Crippen MR) is 87.5 cm³/mol. The van der Waals surface area contributed by atoms with Crippen molar-refractivity contribution in [3.8, 4) is 0 Å². The van der Waals surface area contributed by atoms with Crippen LogP contribution in [0.15, 0.2) is 45.5 Å². The molecule has 1 amide bonds. The molecule has 0 saturated carbocycles.